The molecule has 7 nitrogen and oxygen atoms in total. The van der Waals surface area contributed by atoms with Crippen molar-refractivity contribution in [1.82, 2.24) is 4.90 Å². The number of rotatable bonds is 9. The molecular formula is C35H38Cl2FNO6. The van der Waals surface area contributed by atoms with Crippen molar-refractivity contribution in [3.63, 3.8) is 0 Å². The van der Waals surface area contributed by atoms with E-state index in [9.17, 15) is 14.7 Å². The molecule has 0 aliphatic carbocycles. The third-order valence-electron chi connectivity index (χ3n) is 9.52. The Bertz CT molecular complexity index is 1610. The van der Waals surface area contributed by atoms with Gasteiger partial charge in [0.2, 0.25) is 0 Å². The minimum absolute atomic E-state index is 0.0363. The maximum atomic E-state index is 16.7. The second kappa shape index (κ2) is 12.6. The van der Waals surface area contributed by atoms with Crippen molar-refractivity contribution >= 4 is 35.1 Å². The van der Waals surface area contributed by atoms with Gasteiger partial charge in [0.1, 0.15) is 5.82 Å². The maximum absolute atomic E-state index is 16.7. The van der Waals surface area contributed by atoms with Gasteiger partial charge in [-0.05, 0) is 92.1 Å². The summed E-state index contributed by atoms with van der Waals surface area (Å²) < 4.78 is 33.5. The van der Waals surface area contributed by atoms with Crippen LogP contribution in [0.25, 0.3) is 0 Å². The number of hydrogen-bond acceptors (Lipinski definition) is 6. The number of aliphatic hydroxyl groups is 1. The zero-order valence-corrected chi connectivity index (χ0v) is 27.6. The van der Waals surface area contributed by atoms with E-state index in [4.69, 9.17) is 37.4 Å². The van der Waals surface area contributed by atoms with Gasteiger partial charge in [-0.2, -0.15) is 0 Å². The third-order valence-corrected chi connectivity index (χ3v) is 10.0. The highest BCUT2D eigenvalue weighted by Gasteiger charge is 2.55. The molecular weight excluding hydrogens is 620 g/mol. The van der Waals surface area contributed by atoms with E-state index in [1.807, 2.05) is 6.92 Å². The van der Waals surface area contributed by atoms with E-state index in [0.29, 0.717) is 64.8 Å². The number of carbonyl (C=O) groups excluding carboxylic acids is 2. The fourth-order valence-electron chi connectivity index (χ4n) is 6.99. The Kier molecular flexibility index (Phi) is 9.38. The number of esters is 1. The number of halogens is 3. The summed E-state index contributed by atoms with van der Waals surface area (Å²) in [5.41, 5.74) is -2.11. The molecule has 0 spiro atoms. The number of amides is 1. The smallest absolute Gasteiger partial charge is 0.315 e. The summed E-state index contributed by atoms with van der Waals surface area (Å²) in [6.45, 7) is 6.22. The van der Waals surface area contributed by atoms with Gasteiger partial charge in [-0.15, -0.1) is 0 Å². The summed E-state index contributed by atoms with van der Waals surface area (Å²) in [5.74, 6) is -1.83. The second-order valence-corrected chi connectivity index (χ2v) is 13.1. The van der Waals surface area contributed by atoms with E-state index in [1.165, 1.54) is 25.2 Å². The monoisotopic (exact) mass is 657 g/mol. The van der Waals surface area contributed by atoms with Gasteiger partial charge in [-0.1, -0.05) is 48.3 Å². The molecule has 1 N–H and O–H groups in total. The first-order valence-electron chi connectivity index (χ1n) is 15.0. The lowest BCUT2D eigenvalue weighted by Crippen LogP contribution is -2.46. The van der Waals surface area contributed by atoms with Crippen molar-refractivity contribution < 1.29 is 33.3 Å². The Morgan fingerprint density at radius 3 is 2.31 bits per heavy atom. The lowest BCUT2D eigenvalue weighted by Gasteiger charge is -2.40. The summed E-state index contributed by atoms with van der Waals surface area (Å²) in [6.07, 6.45) is 1.56. The van der Waals surface area contributed by atoms with E-state index in [2.05, 4.69) is 0 Å². The Balaban J connectivity index is 1.72. The molecule has 45 heavy (non-hydrogen) atoms. The Hall–Kier alpha value is -3.01. The van der Waals surface area contributed by atoms with Crippen molar-refractivity contribution in [2.24, 2.45) is 5.92 Å². The van der Waals surface area contributed by atoms with Gasteiger partial charge in [0, 0.05) is 42.5 Å². The van der Waals surface area contributed by atoms with Crippen LogP contribution in [0.1, 0.15) is 78.2 Å². The third kappa shape index (κ3) is 5.55. The lowest BCUT2D eigenvalue weighted by molar-refractivity contribution is -0.146. The van der Waals surface area contributed by atoms with E-state index in [1.54, 1.807) is 62.4 Å². The summed E-state index contributed by atoms with van der Waals surface area (Å²) >= 11 is 12.6. The predicted octanol–water partition coefficient (Wildman–Crippen LogP) is 7.11. The number of ether oxygens (including phenoxy) is 3. The molecule has 5 rings (SSSR count). The van der Waals surface area contributed by atoms with Gasteiger partial charge in [-0.3, -0.25) is 14.5 Å². The van der Waals surface area contributed by atoms with Gasteiger partial charge in [0.05, 0.1) is 29.3 Å². The summed E-state index contributed by atoms with van der Waals surface area (Å²) in [6, 6.07) is 14.7. The Morgan fingerprint density at radius 1 is 1.07 bits per heavy atom. The van der Waals surface area contributed by atoms with Gasteiger partial charge in [-0.25, -0.2) is 4.39 Å². The SMILES string of the molecule is CC[C@@](O)(c1cc(F)c2c(c1)C(=O)N(Cc1ccc(Cl)cc1C(C)(C)C(=O)OC)[C@@]2(OC)c1ccc(Cl)cc1)C1CCOCC1. The van der Waals surface area contributed by atoms with Crippen molar-refractivity contribution in [3.05, 3.63) is 104 Å². The van der Waals surface area contributed by atoms with Crippen LogP contribution in [0.3, 0.4) is 0 Å². The number of hydrogen-bond donors (Lipinski definition) is 1. The summed E-state index contributed by atoms with van der Waals surface area (Å²) in [5, 5.41) is 12.8. The highest BCUT2D eigenvalue weighted by molar-refractivity contribution is 6.31. The highest BCUT2D eigenvalue weighted by Crippen LogP contribution is 2.50. The molecule has 3 aromatic carbocycles. The van der Waals surface area contributed by atoms with Crippen molar-refractivity contribution in [1.29, 1.82) is 0 Å². The molecule has 1 amide bonds. The van der Waals surface area contributed by atoms with Crippen LogP contribution in [-0.2, 0) is 42.3 Å². The molecule has 0 saturated carbocycles. The van der Waals surface area contributed by atoms with Crippen LogP contribution in [0.4, 0.5) is 4.39 Å². The van der Waals surface area contributed by atoms with Gasteiger partial charge < -0.3 is 19.3 Å². The minimum Gasteiger partial charge on any atom is -0.468 e. The standard InChI is InChI=1S/C35H38Cl2FNO6/c1-6-34(42,22-13-15-45-16-14-22)24-17-27-30(29(38)18-24)35(44-5,23-8-11-25(36)12-9-23)39(31(27)40)20-21-7-10-26(37)19-28(21)33(2,3)32(41)43-4/h7-12,17-19,22,42H,6,13-16,20H2,1-5H3/t34-,35+/m0/s1. The average molecular weight is 659 g/mol. The maximum Gasteiger partial charge on any atom is 0.315 e. The fourth-order valence-corrected chi connectivity index (χ4v) is 7.29. The van der Waals surface area contributed by atoms with Gasteiger partial charge in [0.25, 0.3) is 5.91 Å². The zero-order chi connectivity index (χ0) is 32.7. The molecule has 2 aliphatic rings. The largest absolute Gasteiger partial charge is 0.468 e. The minimum atomic E-state index is -1.70. The number of carbonyl (C=O) groups is 2. The average Bonchev–Trinajstić information content (AvgIpc) is 3.29. The van der Waals surface area contributed by atoms with Crippen LogP contribution in [0.5, 0.6) is 0 Å². The normalized spacial score (nSPS) is 20.2. The fraction of sp³-hybridized carbons (Fsp3) is 0.429. The molecule has 0 radical (unpaired) electrons. The molecule has 3 aromatic rings. The molecule has 2 atom stereocenters. The lowest BCUT2D eigenvalue weighted by atomic mass is 9.74. The summed E-state index contributed by atoms with van der Waals surface area (Å²) in [4.78, 5) is 28.9. The first-order chi connectivity index (χ1) is 21.3. The quantitative estimate of drug-likeness (QED) is 0.247. The number of fused-ring (bicyclic) bond motifs is 1. The van der Waals surface area contributed by atoms with E-state index in [0.717, 1.165) is 0 Å². The van der Waals surface area contributed by atoms with E-state index >= 15 is 4.39 Å². The molecule has 0 aromatic heterocycles. The predicted molar refractivity (Wildman–Crippen MR) is 170 cm³/mol. The number of benzene rings is 3. The van der Waals surface area contributed by atoms with Gasteiger partial charge >= 0.3 is 5.97 Å². The molecule has 2 heterocycles. The van der Waals surface area contributed by atoms with Crippen molar-refractivity contribution in [3.8, 4) is 0 Å². The van der Waals surface area contributed by atoms with Crippen LogP contribution >= 0.6 is 23.2 Å². The Morgan fingerprint density at radius 2 is 1.71 bits per heavy atom. The first kappa shape index (κ1) is 33.4. The van der Waals surface area contributed by atoms with Crippen molar-refractivity contribution in [2.75, 3.05) is 27.4 Å². The molecule has 1 saturated heterocycles. The van der Waals surface area contributed by atoms with Crippen LogP contribution in [0, 0.1) is 11.7 Å². The summed E-state index contributed by atoms with van der Waals surface area (Å²) in [7, 11) is 2.73. The Labute approximate surface area is 273 Å². The van der Waals surface area contributed by atoms with Crippen LogP contribution in [0.15, 0.2) is 54.6 Å². The molecule has 2 aliphatic heterocycles. The topological polar surface area (TPSA) is 85.3 Å². The van der Waals surface area contributed by atoms with Gasteiger partial charge in [0.15, 0.2) is 5.72 Å². The van der Waals surface area contributed by atoms with Crippen LogP contribution in [0.2, 0.25) is 10.0 Å². The van der Waals surface area contributed by atoms with E-state index in [-0.39, 0.29) is 23.6 Å². The van der Waals surface area contributed by atoms with Crippen LogP contribution in [-0.4, -0.2) is 49.3 Å². The number of methoxy groups -OCH3 is 2. The highest BCUT2D eigenvalue weighted by atomic mass is 35.5. The molecule has 10 heteroatoms. The molecule has 240 valence electrons. The first-order valence-corrected chi connectivity index (χ1v) is 15.8. The molecule has 1 fully saturated rings. The second-order valence-electron chi connectivity index (χ2n) is 12.2. The number of nitrogens with zero attached hydrogens (tertiary/aromatic N) is 1. The molecule has 0 bridgehead atoms. The molecule has 0 unspecified atom stereocenters. The van der Waals surface area contributed by atoms with Crippen LogP contribution < -0.4 is 0 Å². The zero-order valence-electron chi connectivity index (χ0n) is 26.1. The van der Waals surface area contributed by atoms with E-state index < -0.39 is 34.4 Å². The van der Waals surface area contributed by atoms with Crippen molar-refractivity contribution in [2.45, 2.75) is 63.3 Å².